The van der Waals surface area contributed by atoms with Crippen molar-refractivity contribution in [3.8, 4) is 0 Å². The first-order chi connectivity index (χ1) is 12.7. The number of nitrogens with zero attached hydrogens (tertiary/aromatic N) is 1. The van der Waals surface area contributed by atoms with Crippen molar-refractivity contribution in [2.45, 2.75) is 44.4 Å². The van der Waals surface area contributed by atoms with Gasteiger partial charge in [-0.05, 0) is 73.8 Å². The van der Waals surface area contributed by atoms with Crippen LogP contribution in [0.25, 0.3) is 0 Å². The fraction of sp³-hybridized carbons (Fsp3) is 0.476. The van der Waals surface area contributed by atoms with Gasteiger partial charge in [0, 0.05) is 17.0 Å². The van der Waals surface area contributed by atoms with Crippen molar-refractivity contribution < 1.29 is 9.90 Å². The molecule has 2 fully saturated rings. The molecule has 1 aliphatic carbocycles. The van der Waals surface area contributed by atoms with Crippen LogP contribution in [0.3, 0.4) is 0 Å². The van der Waals surface area contributed by atoms with Crippen LogP contribution < -0.4 is 5.32 Å². The Labute approximate surface area is 158 Å². The number of nitrogens with one attached hydrogen (secondary N) is 1. The van der Waals surface area contributed by atoms with E-state index >= 15 is 0 Å². The van der Waals surface area contributed by atoms with Gasteiger partial charge in [-0.25, -0.2) is 0 Å². The number of likely N-dealkylation sites (tertiary alicyclic amines) is 1. The van der Waals surface area contributed by atoms with Crippen molar-refractivity contribution in [2.24, 2.45) is 5.92 Å². The third-order valence-electron chi connectivity index (χ3n) is 5.58. The quantitative estimate of drug-likeness (QED) is 0.817. The van der Waals surface area contributed by atoms with Gasteiger partial charge in [-0.2, -0.15) is 0 Å². The van der Waals surface area contributed by atoms with Crippen molar-refractivity contribution >= 4 is 17.2 Å². The number of carbonyl (C=O) groups is 1. The molecule has 26 heavy (non-hydrogen) atoms. The van der Waals surface area contributed by atoms with Gasteiger partial charge in [0.1, 0.15) is 0 Å². The first-order valence-electron chi connectivity index (χ1n) is 9.52. The number of aliphatic hydroxyl groups is 1. The van der Waals surface area contributed by atoms with Gasteiger partial charge in [0.05, 0.1) is 12.1 Å². The monoisotopic (exact) mass is 370 g/mol. The first-order valence-corrected chi connectivity index (χ1v) is 10.4. The van der Waals surface area contributed by atoms with Crippen molar-refractivity contribution in [3.05, 3.63) is 57.8 Å². The first kappa shape index (κ1) is 17.7. The minimum atomic E-state index is -0.218. The van der Waals surface area contributed by atoms with E-state index in [2.05, 4.69) is 28.4 Å². The fourth-order valence-corrected chi connectivity index (χ4v) is 4.85. The van der Waals surface area contributed by atoms with E-state index in [1.165, 1.54) is 36.4 Å². The molecule has 1 atom stereocenters. The second-order valence-corrected chi connectivity index (χ2v) is 8.51. The highest BCUT2D eigenvalue weighted by Gasteiger charge is 2.36. The molecule has 1 amide bonds. The molecule has 4 nitrogen and oxygen atoms in total. The van der Waals surface area contributed by atoms with Crippen molar-refractivity contribution in [2.75, 3.05) is 13.1 Å². The maximum atomic E-state index is 12.8. The topological polar surface area (TPSA) is 52.6 Å². The van der Waals surface area contributed by atoms with E-state index in [1.54, 1.807) is 11.3 Å². The molecule has 1 saturated heterocycles. The van der Waals surface area contributed by atoms with Gasteiger partial charge in [-0.3, -0.25) is 9.69 Å². The highest BCUT2D eigenvalue weighted by Crippen LogP contribution is 2.39. The molecule has 4 rings (SSSR count). The molecule has 2 aromatic rings. The van der Waals surface area contributed by atoms with Crippen LogP contribution in [-0.2, 0) is 6.54 Å². The summed E-state index contributed by atoms with van der Waals surface area (Å²) >= 11 is 1.67. The van der Waals surface area contributed by atoms with E-state index in [0.717, 1.165) is 19.4 Å². The molecule has 1 aromatic heterocycles. The van der Waals surface area contributed by atoms with E-state index in [9.17, 15) is 9.90 Å². The Balaban J connectivity index is 1.41. The summed E-state index contributed by atoms with van der Waals surface area (Å²) in [7, 11) is 0. The highest BCUT2D eigenvalue weighted by atomic mass is 32.1. The number of carbonyl (C=O) groups excluding carboxylic acids is 1. The molecule has 0 radical (unpaired) electrons. The Morgan fingerprint density at radius 3 is 2.54 bits per heavy atom. The molecule has 0 spiro atoms. The standard InChI is InChI=1S/C21H26N2O2S/c24-18-12-17(13-18)20(19-4-3-11-26-19)22-21(25)16-7-5-15(6-8-16)14-23-9-1-2-10-23/h3-8,11,17-18,20,24H,1-2,9-10,12-14H2,(H,22,25)/t17?,18?,20-/m1/s1. The summed E-state index contributed by atoms with van der Waals surface area (Å²) in [6.45, 7) is 3.33. The largest absolute Gasteiger partial charge is 0.393 e. The summed E-state index contributed by atoms with van der Waals surface area (Å²) in [5.74, 6) is 0.291. The molecule has 5 heteroatoms. The number of hydrogen-bond acceptors (Lipinski definition) is 4. The Kier molecular flexibility index (Phi) is 5.38. The Morgan fingerprint density at radius 1 is 1.19 bits per heavy atom. The van der Waals surface area contributed by atoms with Crippen LogP contribution in [0.2, 0.25) is 0 Å². The minimum absolute atomic E-state index is 0.00447. The third kappa shape index (κ3) is 4.00. The summed E-state index contributed by atoms with van der Waals surface area (Å²) in [4.78, 5) is 16.4. The summed E-state index contributed by atoms with van der Waals surface area (Å²) in [5.41, 5.74) is 1.97. The van der Waals surface area contributed by atoms with Gasteiger partial charge in [0.15, 0.2) is 0 Å². The summed E-state index contributed by atoms with van der Waals surface area (Å²) in [6.07, 6.45) is 3.89. The predicted molar refractivity (Wildman–Crippen MR) is 104 cm³/mol. The van der Waals surface area contributed by atoms with E-state index in [4.69, 9.17) is 0 Å². The van der Waals surface area contributed by atoms with E-state index < -0.39 is 0 Å². The molecule has 2 aliphatic rings. The lowest BCUT2D eigenvalue weighted by atomic mass is 9.76. The van der Waals surface area contributed by atoms with Crippen LogP contribution in [0.15, 0.2) is 41.8 Å². The Morgan fingerprint density at radius 2 is 1.92 bits per heavy atom. The summed E-state index contributed by atoms with van der Waals surface area (Å²) < 4.78 is 0. The number of benzene rings is 1. The molecular formula is C21H26N2O2S. The van der Waals surface area contributed by atoms with E-state index in [0.29, 0.717) is 11.5 Å². The van der Waals surface area contributed by atoms with Gasteiger partial charge < -0.3 is 10.4 Å². The molecule has 2 heterocycles. The Hall–Kier alpha value is -1.69. The number of aliphatic hydroxyl groups excluding tert-OH is 1. The van der Waals surface area contributed by atoms with Crippen LogP contribution in [0.5, 0.6) is 0 Å². The highest BCUT2D eigenvalue weighted by molar-refractivity contribution is 7.10. The number of rotatable bonds is 6. The van der Waals surface area contributed by atoms with Crippen molar-refractivity contribution in [3.63, 3.8) is 0 Å². The van der Waals surface area contributed by atoms with Gasteiger partial charge in [-0.15, -0.1) is 11.3 Å². The second kappa shape index (κ2) is 7.91. The molecule has 1 saturated carbocycles. The number of hydrogen-bond donors (Lipinski definition) is 2. The lowest BCUT2D eigenvalue weighted by Crippen LogP contribution is -2.41. The smallest absolute Gasteiger partial charge is 0.251 e. The van der Waals surface area contributed by atoms with Crippen LogP contribution >= 0.6 is 11.3 Å². The third-order valence-corrected chi connectivity index (χ3v) is 6.53. The fourth-order valence-electron chi connectivity index (χ4n) is 3.98. The maximum absolute atomic E-state index is 12.8. The van der Waals surface area contributed by atoms with Gasteiger partial charge in [0.25, 0.3) is 5.91 Å². The van der Waals surface area contributed by atoms with Crippen LogP contribution in [0.1, 0.15) is 52.5 Å². The van der Waals surface area contributed by atoms with E-state index in [1.807, 2.05) is 23.6 Å². The van der Waals surface area contributed by atoms with Crippen LogP contribution in [-0.4, -0.2) is 35.1 Å². The summed E-state index contributed by atoms with van der Waals surface area (Å²) in [5, 5.41) is 14.9. The zero-order valence-electron chi connectivity index (χ0n) is 14.9. The van der Waals surface area contributed by atoms with Crippen molar-refractivity contribution in [1.82, 2.24) is 10.2 Å². The normalized spacial score (nSPS) is 24.2. The van der Waals surface area contributed by atoms with Gasteiger partial charge >= 0.3 is 0 Å². The number of amides is 1. The average molecular weight is 371 g/mol. The lowest BCUT2D eigenvalue weighted by molar-refractivity contribution is 0.0241. The second-order valence-electron chi connectivity index (χ2n) is 7.53. The SMILES string of the molecule is O=C(N[C@@H](c1cccs1)C1CC(O)C1)c1ccc(CN2CCCC2)cc1. The molecule has 1 aliphatic heterocycles. The zero-order valence-corrected chi connectivity index (χ0v) is 15.8. The van der Waals surface area contributed by atoms with E-state index in [-0.39, 0.29) is 18.1 Å². The van der Waals surface area contributed by atoms with Gasteiger partial charge in [-0.1, -0.05) is 18.2 Å². The van der Waals surface area contributed by atoms with Crippen LogP contribution in [0.4, 0.5) is 0 Å². The van der Waals surface area contributed by atoms with Crippen LogP contribution in [0, 0.1) is 5.92 Å². The van der Waals surface area contributed by atoms with Crippen molar-refractivity contribution in [1.29, 1.82) is 0 Å². The molecule has 2 N–H and O–H groups in total. The maximum Gasteiger partial charge on any atom is 0.251 e. The zero-order chi connectivity index (χ0) is 17.9. The molecule has 0 unspecified atom stereocenters. The Bertz CT molecular complexity index is 717. The molecule has 138 valence electrons. The molecular weight excluding hydrogens is 344 g/mol. The summed E-state index contributed by atoms with van der Waals surface area (Å²) in [6, 6.07) is 12.1. The molecule has 1 aromatic carbocycles. The minimum Gasteiger partial charge on any atom is -0.393 e. The van der Waals surface area contributed by atoms with Gasteiger partial charge in [0.2, 0.25) is 0 Å². The molecule has 0 bridgehead atoms. The predicted octanol–water partition coefficient (Wildman–Crippen LogP) is 3.59. The lowest BCUT2D eigenvalue weighted by Gasteiger charge is -2.37. The average Bonchev–Trinajstić information content (AvgIpc) is 3.31. The number of thiophene rings is 1.